The van der Waals surface area contributed by atoms with E-state index in [0.29, 0.717) is 19.0 Å². The Morgan fingerprint density at radius 3 is 2.67 bits per heavy atom. The molecule has 2 N–H and O–H groups in total. The third-order valence-electron chi connectivity index (χ3n) is 4.45. The monoisotopic (exact) mass is 335 g/mol. The van der Waals surface area contributed by atoms with Gasteiger partial charge in [0.15, 0.2) is 0 Å². The normalized spacial score (nSPS) is 15.9. The SMILES string of the molecule is O=C(NCC(F)F)C(=O)N1CCC(c2c[nH]c3ccccc23)CC1. The number of fused-ring (bicyclic) bond motifs is 1. The fourth-order valence-electron chi connectivity index (χ4n) is 3.21. The average Bonchev–Trinajstić information content (AvgIpc) is 3.03. The van der Waals surface area contributed by atoms with E-state index in [2.05, 4.69) is 11.1 Å². The molecule has 0 aliphatic carbocycles. The first-order valence-electron chi connectivity index (χ1n) is 7.97. The maximum atomic E-state index is 12.1. The lowest BCUT2D eigenvalue weighted by atomic mass is 9.89. The highest BCUT2D eigenvalue weighted by atomic mass is 19.3. The predicted octanol–water partition coefficient (Wildman–Crippen LogP) is 2.26. The average molecular weight is 335 g/mol. The quantitative estimate of drug-likeness (QED) is 0.845. The number of carbonyl (C=O) groups excluding carboxylic acids is 2. The van der Waals surface area contributed by atoms with Crippen LogP contribution in [0.3, 0.4) is 0 Å². The molecular weight excluding hydrogens is 316 g/mol. The van der Waals surface area contributed by atoms with Crippen LogP contribution in [0, 0.1) is 0 Å². The van der Waals surface area contributed by atoms with Gasteiger partial charge in [-0.15, -0.1) is 0 Å². The van der Waals surface area contributed by atoms with Gasteiger partial charge in [0.25, 0.3) is 6.43 Å². The summed E-state index contributed by atoms with van der Waals surface area (Å²) in [5.74, 6) is -1.37. The Bertz CT molecular complexity index is 736. The van der Waals surface area contributed by atoms with E-state index in [1.807, 2.05) is 29.7 Å². The molecule has 0 atom stereocenters. The van der Waals surface area contributed by atoms with Crippen LogP contribution in [0.15, 0.2) is 30.5 Å². The standard InChI is InChI=1S/C17H19F2N3O2/c18-15(19)10-21-16(23)17(24)22-7-5-11(6-8-22)13-9-20-14-4-2-1-3-12(13)14/h1-4,9,11,15,20H,5-8,10H2,(H,21,23). The van der Waals surface area contributed by atoms with Crippen molar-refractivity contribution in [3.63, 3.8) is 0 Å². The van der Waals surface area contributed by atoms with Crippen LogP contribution in [0.1, 0.15) is 24.3 Å². The number of aromatic amines is 1. The number of hydrogen-bond acceptors (Lipinski definition) is 2. The summed E-state index contributed by atoms with van der Waals surface area (Å²) in [6.45, 7) is 0.104. The Hall–Kier alpha value is -2.44. The Balaban J connectivity index is 1.59. The van der Waals surface area contributed by atoms with Gasteiger partial charge in [0.05, 0.1) is 6.54 Å². The van der Waals surface area contributed by atoms with Gasteiger partial charge < -0.3 is 15.2 Å². The maximum absolute atomic E-state index is 12.1. The van der Waals surface area contributed by atoms with E-state index in [0.717, 1.165) is 18.4 Å². The first kappa shape index (κ1) is 16.4. The number of alkyl halides is 2. The lowest BCUT2D eigenvalue weighted by Gasteiger charge is -2.31. The van der Waals surface area contributed by atoms with Crippen LogP contribution in [0.2, 0.25) is 0 Å². The summed E-state index contributed by atoms with van der Waals surface area (Å²) in [4.78, 5) is 28.3. The minimum atomic E-state index is -2.66. The number of rotatable bonds is 3. The number of amides is 2. The lowest BCUT2D eigenvalue weighted by molar-refractivity contribution is -0.146. The lowest BCUT2D eigenvalue weighted by Crippen LogP contribution is -2.47. The molecule has 0 unspecified atom stereocenters. The molecule has 2 heterocycles. The van der Waals surface area contributed by atoms with Gasteiger partial charge >= 0.3 is 11.8 Å². The second-order valence-corrected chi connectivity index (χ2v) is 5.96. The molecule has 0 spiro atoms. The zero-order valence-corrected chi connectivity index (χ0v) is 13.1. The van der Waals surface area contributed by atoms with Crippen molar-refractivity contribution in [2.24, 2.45) is 0 Å². The van der Waals surface area contributed by atoms with Gasteiger partial charge in [0.2, 0.25) is 0 Å². The van der Waals surface area contributed by atoms with Crippen LogP contribution < -0.4 is 5.32 Å². The van der Waals surface area contributed by atoms with Crippen molar-refractivity contribution in [3.05, 3.63) is 36.0 Å². The highest BCUT2D eigenvalue weighted by molar-refractivity contribution is 6.35. The van der Waals surface area contributed by atoms with E-state index >= 15 is 0 Å². The van der Waals surface area contributed by atoms with Crippen LogP contribution >= 0.6 is 0 Å². The van der Waals surface area contributed by atoms with Gasteiger partial charge in [-0.1, -0.05) is 18.2 Å². The van der Waals surface area contributed by atoms with Gasteiger partial charge in [-0.25, -0.2) is 8.78 Å². The van der Waals surface area contributed by atoms with Crippen LogP contribution in [-0.4, -0.2) is 47.8 Å². The summed E-state index contributed by atoms with van der Waals surface area (Å²) < 4.78 is 24.2. The molecule has 1 aliphatic heterocycles. The summed E-state index contributed by atoms with van der Waals surface area (Å²) in [7, 11) is 0. The number of aromatic nitrogens is 1. The zero-order valence-electron chi connectivity index (χ0n) is 13.1. The number of halogens is 2. The number of piperidine rings is 1. The van der Waals surface area contributed by atoms with Crippen LogP contribution in [0.25, 0.3) is 10.9 Å². The predicted molar refractivity (Wildman–Crippen MR) is 85.9 cm³/mol. The molecule has 3 rings (SSSR count). The number of nitrogens with zero attached hydrogens (tertiary/aromatic N) is 1. The summed E-state index contributed by atoms with van der Waals surface area (Å²) in [5.41, 5.74) is 2.30. The highest BCUT2D eigenvalue weighted by Gasteiger charge is 2.28. The second kappa shape index (κ2) is 6.98. The molecular formula is C17H19F2N3O2. The van der Waals surface area contributed by atoms with Crippen molar-refractivity contribution in [2.75, 3.05) is 19.6 Å². The molecule has 5 nitrogen and oxygen atoms in total. The summed E-state index contributed by atoms with van der Waals surface area (Å²) in [6, 6.07) is 8.05. The minimum absolute atomic E-state index is 0.314. The fraction of sp³-hybridized carbons (Fsp3) is 0.412. The van der Waals surface area contributed by atoms with Gasteiger partial charge in [0, 0.05) is 30.2 Å². The summed E-state index contributed by atoms with van der Waals surface area (Å²) >= 11 is 0. The summed E-state index contributed by atoms with van der Waals surface area (Å²) in [5, 5.41) is 3.13. The van der Waals surface area contributed by atoms with Gasteiger partial charge in [-0.3, -0.25) is 9.59 Å². The number of H-pyrrole nitrogens is 1. The molecule has 7 heteroatoms. The topological polar surface area (TPSA) is 65.2 Å². The minimum Gasteiger partial charge on any atom is -0.361 e. The third kappa shape index (κ3) is 3.39. The Morgan fingerprint density at radius 1 is 1.25 bits per heavy atom. The highest BCUT2D eigenvalue weighted by Crippen LogP contribution is 2.33. The second-order valence-electron chi connectivity index (χ2n) is 5.96. The molecule has 1 aromatic carbocycles. The van der Waals surface area contributed by atoms with Gasteiger partial charge in [-0.2, -0.15) is 0 Å². The molecule has 1 aliphatic rings. The van der Waals surface area contributed by atoms with Crippen molar-refractivity contribution in [3.8, 4) is 0 Å². The van der Waals surface area contributed by atoms with E-state index in [1.165, 1.54) is 15.8 Å². The fourth-order valence-corrected chi connectivity index (χ4v) is 3.21. The van der Waals surface area contributed by atoms with Crippen LogP contribution in [0.5, 0.6) is 0 Å². The largest absolute Gasteiger partial charge is 0.361 e. The van der Waals surface area contributed by atoms with Crippen molar-refractivity contribution in [2.45, 2.75) is 25.2 Å². The van der Waals surface area contributed by atoms with Gasteiger partial charge in [0.1, 0.15) is 0 Å². The molecule has 0 radical (unpaired) electrons. The number of likely N-dealkylation sites (tertiary alicyclic amines) is 1. The zero-order chi connectivity index (χ0) is 17.1. The Kier molecular flexibility index (Phi) is 4.78. The number of nitrogens with one attached hydrogen (secondary N) is 2. The molecule has 0 bridgehead atoms. The summed E-state index contributed by atoms with van der Waals surface area (Å²) in [6.07, 6.45) is 0.836. The third-order valence-corrected chi connectivity index (χ3v) is 4.45. The van der Waals surface area contributed by atoms with Crippen LogP contribution in [-0.2, 0) is 9.59 Å². The first-order valence-corrected chi connectivity index (χ1v) is 7.97. The smallest absolute Gasteiger partial charge is 0.311 e. The molecule has 1 saturated heterocycles. The van der Waals surface area contributed by atoms with Gasteiger partial charge in [-0.05, 0) is 30.4 Å². The van der Waals surface area contributed by atoms with E-state index < -0.39 is 24.8 Å². The molecule has 1 aromatic heterocycles. The molecule has 1 fully saturated rings. The number of benzene rings is 1. The number of carbonyl (C=O) groups is 2. The van der Waals surface area contributed by atoms with E-state index in [4.69, 9.17) is 0 Å². The molecule has 2 aromatic rings. The number of hydrogen-bond donors (Lipinski definition) is 2. The van der Waals surface area contributed by atoms with Crippen molar-refractivity contribution in [1.82, 2.24) is 15.2 Å². The maximum Gasteiger partial charge on any atom is 0.311 e. The molecule has 0 saturated carbocycles. The van der Waals surface area contributed by atoms with Crippen molar-refractivity contribution < 1.29 is 18.4 Å². The molecule has 24 heavy (non-hydrogen) atoms. The molecule has 2 amide bonds. The van der Waals surface area contributed by atoms with E-state index in [1.54, 1.807) is 0 Å². The Morgan fingerprint density at radius 2 is 1.96 bits per heavy atom. The molecule has 128 valence electrons. The first-order chi connectivity index (χ1) is 11.6. The van der Waals surface area contributed by atoms with E-state index in [-0.39, 0.29) is 0 Å². The van der Waals surface area contributed by atoms with Crippen LogP contribution in [0.4, 0.5) is 8.78 Å². The number of para-hydroxylation sites is 1. The van der Waals surface area contributed by atoms with Crippen molar-refractivity contribution >= 4 is 22.7 Å². The Labute approximate surface area is 138 Å². The van der Waals surface area contributed by atoms with E-state index in [9.17, 15) is 18.4 Å². The van der Waals surface area contributed by atoms with Crippen molar-refractivity contribution in [1.29, 1.82) is 0 Å².